The van der Waals surface area contributed by atoms with Gasteiger partial charge in [-0.2, -0.15) is 9.65 Å². The molecule has 0 radical (unpaired) electrons. The Bertz CT molecular complexity index is 1110. The van der Waals surface area contributed by atoms with E-state index in [4.69, 9.17) is 10.00 Å². The zero-order valence-corrected chi connectivity index (χ0v) is 18.5. The molecule has 8 nitrogen and oxygen atoms in total. The summed E-state index contributed by atoms with van der Waals surface area (Å²) >= 11 is 0. The van der Waals surface area contributed by atoms with Gasteiger partial charge >= 0.3 is 11.8 Å². The SMILES string of the molecule is CC1(C)OC(=O)N([C@H]2CC[C@H](Nc3ccc(C#N)c(F)c3[N+](=O)[O-])CC2)[C@H]1c1ccccc1. The first kappa shape index (κ1) is 22.5. The van der Waals surface area contributed by atoms with Crippen LogP contribution in [0.3, 0.4) is 0 Å². The molecule has 1 saturated carbocycles. The van der Waals surface area contributed by atoms with Gasteiger partial charge in [0.2, 0.25) is 5.82 Å². The third-order valence-corrected chi connectivity index (χ3v) is 6.48. The Balaban J connectivity index is 1.49. The number of nitro benzene ring substituents is 1. The Morgan fingerprint density at radius 1 is 1.18 bits per heavy atom. The van der Waals surface area contributed by atoms with Gasteiger partial charge in [0.25, 0.3) is 0 Å². The van der Waals surface area contributed by atoms with E-state index in [1.165, 1.54) is 12.1 Å². The lowest BCUT2D eigenvalue weighted by atomic mass is 9.86. The Labute approximate surface area is 191 Å². The molecule has 33 heavy (non-hydrogen) atoms. The minimum atomic E-state index is -1.13. The number of benzene rings is 2. The summed E-state index contributed by atoms with van der Waals surface area (Å²) in [5.74, 6) is -1.13. The summed E-state index contributed by atoms with van der Waals surface area (Å²) in [4.78, 5) is 25.2. The van der Waals surface area contributed by atoms with Gasteiger partial charge in [-0.1, -0.05) is 30.3 Å². The first-order chi connectivity index (χ1) is 15.7. The Kier molecular flexibility index (Phi) is 5.93. The van der Waals surface area contributed by atoms with Gasteiger partial charge in [-0.05, 0) is 57.2 Å². The van der Waals surface area contributed by atoms with E-state index in [1.54, 1.807) is 6.07 Å². The minimum Gasteiger partial charge on any atom is -0.441 e. The van der Waals surface area contributed by atoms with Crippen LogP contribution in [0, 0.1) is 27.3 Å². The third kappa shape index (κ3) is 4.21. The van der Waals surface area contributed by atoms with Crippen LogP contribution in [0.2, 0.25) is 0 Å². The van der Waals surface area contributed by atoms with Crippen LogP contribution in [-0.2, 0) is 4.74 Å². The molecule has 0 spiro atoms. The van der Waals surface area contributed by atoms with Gasteiger partial charge in [0, 0.05) is 12.1 Å². The molecule has 1 aliphatic carbocycles. The van der Waals surface area contributed by atoms with Crippen molar-refractivity contribution in [2.24, 2.45) is 0 Å². The lowest BCUT2D eigenvalue weighted by Gasteiger charge is -2.38. The number of hydrogen-bond donors (Lipinski definition) is 1. The van der Waals surface area contributed by atoms with E-state index in [0.717, 1.165) is 5.56 Å². The third-order valence-electron chi connectivity index (χ3n) is 6.48. The molecule has 1 atom stereocenters. The first-order valence-corrected chi connectivity index (χ1v) is 10.9. The Morgan fingerprint density at radius 3 is 2.45 bits per heavy atom. The van der Waals surface area contributed by atoms with Crippen molar-refractivity contribution < 1.29 is 18.8 Å². The quantitative estimate of drug-likeness (QED) is 0.487. The molecule has 0 unspecified atom stereocenters. The van der Waals surface area contributed by atoms with Crippen molar-refractivity contribution in [2.75, 3.05) is 5.32 Å². The number of rotatable bonds is 5. The molecule has 4 rings (SSSR count). The predicted molar refractivity (Wildman–Crippen MR) is 119 cm³/mol. The summed E-state index contributed by atoms with van der Waals surface area (Å²) in [6.45, 7) is 3.82. The lowest BCUT2D eigenvalue weighted by molar-refractivity contribution is -0.386. The smallest absolute Gasteiger partial charge is 0.411 e. The highest BCUT2D eigenvalue weighted by Gasteiger charge is 2.51. The summed E-state index contributed by atoms with van der Waals surface area (Å²) in [5.41, 5.74) is -0.682. The number of anilines is 1. The number of nitrogens with zero attached hydrogens (tertiary/aromatic N) is 3. The maximum Gasteiger partial charge on any atom is 0.411 e. The van der Waals surface area contributed by atoms with Crippen LogP contribution < -0.4 is 5.32 Å². The van der Waals surface area contributed by atoms with E-state index in [-0.39, 0.29) is 35.5 Å². The van der Waals surface area contributed by atoms with Gasteiger partial charge in [0.15, 0.2) is 0 Å². The Morgan fingerprint density at radius 2 is 1.85 bits per heavy atom. The van der Waals surface area contributed by atoms with Crippen LogP contribution in [-0.4, -0.2) is 33.6 Å². The molecular formula is C24H25FN4O4. The topological polar surface area (TPSA) is 108 Å². The van der Waals surface area contributed by atoms with Crippen molar-refractivity contribution in [3.8, 4) is 6.07 Å². The number of nitro groups is 1. The number of amides is 1. The van der Waals surface area contributed by atoms with E-state index in [1.807, 2.05) is 49.1 Å². The predicted octanol–water partition coefficient (Wildman–Crippen LogP) is 5.30. The number of carbonyl (C=O) groups is 1. The van der Waals surface area contributed by atoms with Crippen molar-refractivity contribution in [3.63, 3.8) is 0 Å². The number of carbonyl (C=O) groups excluding carboxylic acids is 1. The van der Waals surface area contributed by atoms with E-state index < -0.39 is 22.0 Å². The highest BCUT2D eigenvalue weighted by molar-refractivity contribution is 5.72. The van der Waals surface area contributed by atoms with E-state index >= 15 is 0 Å². The van der Waals surface area contributed by atoms with E-state index in [9.17, 15) is 19.3 Å². The van der Waals surface area contributed by atoms with Crippen molar-refractivity contribution in [3.05, 3.63) is 69.5 Å². The van der Waals surface area contributed by atoms with Gasteiger partial charge in [0.1, 0.15) is 17.4 Å². The summed E-state index contributed by atoms with van der Waals surface area (Å²) < 4.78 is 20.1. The van der Waals surface area contributed by atoms with Gasteiger partial charge in [-0.3, -0.25) is 15.0 Å². The molecule has 0 aromatic heterocycles. The molecule has 2 fully saturated rings. The van der Waals surface area contributed by atoms with Crippen molar-refractivity contribution in [1.82, 2.24) is 4.90 Å². The average molecular weight is 452 g/mol. The highest BCUT2D eigenvalue weighted by Crippen LogP contribution is 2.44. The fraction of sp³-hybridized carbons (Fsp3) is 0.417. The molecular weight excluding hydrogens is 427 g/mol. The molecule has 2 aromatic carbocycles. The summed E-state index contributed by atoms with van der Waals surface area (Å²) in [6.07, 6.45) is 2.32. The minimum absolute atomic E-state index is 0.0322. The van der Waals surface area contributed by atoms with E-state index in [2.05, 4.69) is 5.32 Å². The van der Waals surface area contributed by atoms with Gasteiger partial charge in [-0.15, -0.1) is 0 Å². The second-order valence-electron chi connectivity index (χ2n) is 9.03. The normalized spacial score (nSPS) is 24.1. The Hall–Kier alpha value is -3.67. The van der Waals surface area contributed by atoms with Gasteiger partial charge < -0.3 is 10.1 Å². The average Bonchev–Trinajstić information content (AvgIpc) is 3.03. The van der Waals surface area contributed by atoms with Crippen LogP contribution in [0.25, 0.3) is 0 Å². The molecule has 9 heteroatoms. The fourth-order valence-corrected chi connectivity index (χ4v) is 5.00. The number of halogens is 1. The second kappa shape index (κ2) is 8.70. The number of hydrogen-bond acceptors (Lipinski definition) is 6. The fourth-order valence-electron chi connectivity index (χ4n) is 5.00. The van der Waals surface area contributed by atoms with E-state index in [0.29, 0.717) is 25.7 Å². The van der Waals surface area contributed by atoms with Crippen LogP contribution >= 0.6 is 0 Å². The van der Waals surface area contributed by atoms with Gasteiger partial charge in [0.05, 0.1) is 16.5 Å². The number of cyclic esters (lactones) is 1. The summed E-state index contributed by atoms with van der Waals surface area (Å²) in [5, 5.41) is 23.4. The van der Waals surface area contributed by atoms with Crippen LogP contribution in [0.1, 0.15) is 56.7 Å². The largest absolute Gasteiger partial charge is 0.441 e. The van der Waals surface area contributed by atoms with Crippen molar-refractivity contribution in [2.45, 2.75) is 63.3 Å². The molecule has 1 saturated heterocycles. The number of nitrogens with one attached hydrogen (secondary N) is 1. The monoisotopic (exact) mass is 452 g/mol. The number of nitriles is 1. The molecule has 0 bridgehead atoms. The van der Waals surface area contributed by atoms with Crippen LogP contribution in [0.15, 0.2) is 42.5 Å². The molecule has 1 N–H and O–H groups in total. The molecule has 1 aliphatic heterocycles. The molecule has 1 amide bonds. The van der Waals surface area contributed by atoms with Crippen molar-refractivity contribution >= 4 is 17.5 Å². The highest BCUT2D eigenvalue weighted by atomic mass is 19.1. The zero-order chi connectivity index (χ0) is 23.8. The molecule has 172 valence electrons. The standard InChI is InChI=1S/C24H25FN4O4/c1-24(2)22(15-6-4-3-5-7-15)28(23(30)33-24)18-11-9-17(10-12-18)27-19-13-8-16(14-26)20(25)21(19)29(31)32/h3-8,13,17-18,22,27H,9-12H2,1-2H3/t17-,18-,22-/m0/s1. The van der Waals surface area contributed by atoms with Crippen LogP contribution in [0.5, 0.6) is 0 Å². The number of ether oxygens (including phenoxy) is 1. The van der Waals surface area contributed by atoms with Crippen LogP contribution in [0.4, 0.5) is 20.6 Å². The second-order valence-corrected chi connectivity index (χ2v) is 9.03. The molecule has 1 heterocycles. The van der Waals surface area contributed by atoms with Gasteiger partial charge in [-0.25, -0.2) is 4.79 Å². The zero-order valence-electron chi connectivity index (χ0n) is 18.5. The maximum absolute atomic E-state index is 14.4. The summed E-state index contributed by atoms with van der Waals surface area (Å²) in [7, 11) is 0. The first-order valence-electron chi connectivity index (χ1n) is 10.9. The lowest BCUT2D eigenvalue weighted by Crippen LogP contribution is -2.44. The molecule has 2 aromatic rings. The van der Waals surface area contributed by atoms with Crippen molar-refractivity contribution in [1.29, 1.82) is 5.26 Å². The maximum atomic E-state index is 14.4. The summed E-state index contributed by atoms with van der Waals surface area (Å²) in [6, 6.07) is 13.7. The molecule has 2 aliphatic rings.